The van der Waals surface area contributed by atoms with Gasteiger partial charge in [-0.25, -0.2) is 0 Å². The van der Waals surface area contributed by atoms with Gasteiger partial charge in [0.2, 0.25) is 0 Å². The quantitative estimate of drug-likeness (QED) is 0.129. The summed E-state index contributed by atoms with van der Waals surface area (Å²) in [7, 11) is 0. The summed E-state index contributed by atoms with van der Waals surface area (Å²) in [5.41, 5.74) is 3.80. The summed E-state index contributed by atoms with van der Waals surface area (Å²) in [6, 6.07) is 0. The molecule has 3 radical (unpaired) electrons. The van der Waals surface area contributed by atoms with Gasteiger partial charge in [-0.15, -0.1) is 0 Å². The predicted molar refractivity (Wildman–Crippen MR) is 199 cm³/mol. The van der Waals surface area contributed by atoms with Crippen molar-refractivity contribution in [1.29, 1.82) is 0 Å². The number of fused-ring (bicyclic) bond motifs is 2. The average molecular weight is 726 g/mol. The van der Waals surface area contributed by atoms with Gasteiger partial charge >= 0.3 is 41.5 Å². The number of ether oxygens (including phenoxy) is 4. The van der Waals surface area contributed by atoms with Crippen molar-refractivity contribution in [2.75, 3.05) is 13.2 Å². The van der Waals surface area contributed by atoms with Crippen LogP contribution >= 0.6 is 0 Å². The fourth-order valence-electron chi connectivity index (χ4n) is 8.82. The number of hydrogen-bond acceptors (Lipinski definition) is 8. The summed E-state index contributed by atoms with van der Waals surface area (Å²) < 4.78 is 23.1. The molecule has 2 saturated heterocycles. The molecule has 0 amide bonds. The van der Waals surface area contributed by atoms with Crippen LogP contribution in [0.1, 0.15) is 120 Å². The van der Waals surface area contributed by atoms with Crippen molar-refractivity contribution >= 4 is 26.1 Å². The number of Topliss-reactive ketones (excluding diaryl/α,β-unsaturated/α-hetero) is 1. The van der Waals surface area contributed by atoms with Gasteiger partial charge in [0.05, 0.1) is 12.0 Å². The largest absolute Gasteiger partial charge is 1.00 e. The first kappa shape index (κ1) is 44.1. The van der Waals surface area contributed by atoms with E-state index in [1.165, 1.54) is 22.3 Å². The Morgan fingerprint density at radius 3 is 1.88 bits per heavy atom. The first-order valence-corrected chi connectivity index (χ1v) is 19.0. The topological polar surface area (TPSA) is 108 Å². The predicted octanol–water partition coefficient (Wildman–Crippen LogP) is 5.06. The Bertz CT molecular complexity index is 1510. The van der Waals surface area contributed by atoms with E-state index in [-0.39, 0.29) is 69.0 Å². The maximum atomic E-state index is 12.7. The first-order valence-electron chi connectivity index (χ1n) is 19.0. The van der Waals surface area contributed by atoms with Crippen LogP contribution in [0.5, 0.6) is 0 Å². The summed E-state index contributed by atoms with van der Waals surface area (Å²) in [6.45, 7) is 13.3. The Labute approximate surface area is 336 Å². The van der Waals surface area contributed by atoms with Gasteiger partial charge in [0.15, 0.2) is 0 Å². The van der Waals surface area contributed by atoms with Crippen molar-refractivity contribution in [3.63, 3.8) is 0 Å². The van der Waals surface area contributed by atoms with Crippen LogP contribution in [0.4, 0.5) is 0 Å². The first-order chi connectivity index (χ1) is 24.0. The maximum absolute atomic E-state index is 12.7. The number of esters is 2. The van der Waals surface area contributed by atoms with Crippen molar-refractivity contribution < 1.29 is 69.4 Å². The Kier molecular flexibility index (Phi) is 16.4. The molecule has 0 aromatic rings. The van der Waals surface area contributed by atoms with E-state index < -0.39 is 29.1 Å². The Hall–Kier alpha value is -2.33. The van der Waals surface area contributed by atoms with E-state index in [4.69, 9.17) is 18.9 Å². The number of allylic oxidation sites excluding steroid dienone is 8. The zero-order valence-corrected chi connectivity index (χ0v) is 34.6. The van der Waals surface area contributed by atoms with Crippen molar-refractivity contribution in [2.24, 2.45) is 23.7 Å². The summed E-state index contributed by atoms with van der Waals surface area (Å²) >= 11 is 0. The third-order valence-corrected chi connectivity index (χ3v) is 11.5. The van der Waals surface area contributed by atoms with Gasteiger partial charge in [-0.05, 0) is 100.0 Å². The van der Waals surface area contributed by atoms with Gasteiger partial charge in [0.1, 0.15) is 47.6 Å². The Balaban J connectivity index is 0.000000347. The number of rotatable bonds is 12. The monoisotopic (exact) mass is 725 g/mol. The number of unbranched alkanes of at least 4 members (excludes halogenated alkanes) is 4. The van der Waals surface area contributed by atoms with Crippen LogP contribution in [-0.2, 0) is 33.3 Å². The molecule has 8 nitrogen and oxygen atoms in total. The van der Waals surface area contributed by atoms with Crippen LogP contribution in [0.2, 0.25) is 0 Å². The van der Waals surface area contributed by atoms with Gasteiger partial charge in [-0.1, -0.05) is 58.1 Å². The van der Waals surface area contributed by atoms with E-state index in [1.807, 2.05) is 52.0 Å². The molecule has 1 N–H and O–H groups in total. The molecule has 1 unspecified atom stereocenters. The molecule has 0 bridgehead atoms. The summed E-state index contributed by atoms with van der Waals surface area (Å²) in [6.07, 6.45) is 21.5. The summed E-state index contributed by atoms with van der Waals surface area (Å²) in [5, 5.41) is 10.7. The van der Waals surface area contributed by atoms with Crippen LogP contribution < -0.4 is 29.6 Å². The number of ketones is 1. The number of aliphatic hydroxyl groups excluding tert-OH is 1. The van der Waals surface area contributed by atoms with E-state index in [9.17, 15) is 19.5 Å². The fraction of sp³-hybridized carbons (Fsp3) is 0.643. The zero-order valence-electron chi connectivity index (χ0n) is 33.6. The van der Waals surface area contributed by atoms with Gasteiger partial charge in [-0.3, -0.25) is 14.4 Å². The molecule has 279 valence electrons. The number of hydrogen-bond donors (Lipinski definition) is 1. The van der Waals surface area contributed by atoms with Gasteiger partial charge in [0, 0.05) is 39.5 Å². The number of carbonyl (C=O) groups excluding carboxylic acids is 3. The SMILES string of the molecule is C/C=C/C1=CC2=C(CO1)C[C@]1(C)OC(=O)[C@H](C(=O)CCCCC)[C@H]1C2.C/C=C/C1=CC2=C(CO1)C[C@]1(C)OC(=O)[C@H](C(O)CCCCC)[C@H]1C2.[B].[H-].[Na+]. The van der Waals surface area contributed by atoms with Crippen molar-refractivity contribution in [3.05, 3.63) is 70.3 Å². The summed E-state index contributed by atoms with van der Waals surface area (Å²) in [4.78, 5) is 37.7. The van der Waals surface area contributed by atoms with Crippen LogP contribution in [0.25, 0.3) is 0 Å². The minimum absolute atomic E-state index is 0. The molecule has 52 heavy (non-hydrogen) atoms. The average Bonchev–Trinajstić information content (AvgIpc) is 3.49. The Morgan fingerprint density at radius 2 is 1.35 bits per heavy atom. The molecule has 6 rings (SSSR count). The minimum atomic E-state index is -0.605. The standard InChI is InChI=1S/C21H30O4.C21H28O4.B.Na.H/c2*1-4-6-7-9-18(22)19-17-11-14-10-16(8-5-2)24-13-15(14)12-21(17,3)25-20(19)23;;;/h5,8,10,17-19,22H,4,6-7,9,11-13H2,1-3H3;5,8,10,17,19H,4,6-7,9,11-13H2,1-3H3;;;/q;;;+1;-1/b2*8-5+;;;/t17-,18?,19+,21+;17-,19+,21+;;;/m11.../s1. The molecular weight excluding hydrogens is 666 g/mol. The molecule has 2 fully saturated rings. The van der Waals surface area contributed by atoms with Gasteiger partial charge < -0.3 is 25.5 Å². The van der Waals surface area contributed by atoms with Crippen LogP contribution in [0, 0.1) is 23.7 Å². The normalized spacial score (nSPS) is 30.8. The fourth-order valence-corrected chi connectivity index (χ4v) is 8.82. The van der Waals surface area contributed by atoms with E-state index in [0.717, 1.165) is 56.5 Å². The van der Waals surface area contributed by atoms with Gasteiger partial charge in [-0.2, -0.15) is 0 Å². The molecule has 2 aliphatic carbocycles. The third kappa shape index (κ3) is 9.66. The third-order valence-electron chi connectivity index (χ3n) is 11.5. The molecule has 0 aromatic carbocycles. The molecule has 0 spiro atoms. The van der Waals surface area contributed by atoms with Crippen LogP contribution in [-0.4, -0.2) is 61.8 Å². The van der Waals surface area contributed by atoms with E-state index in [1.54, 1.807) is 0 Å². The van der Waals surface area contributed by atoms with E-state index >= 15 is 0 Å². The van der Waals surface area contributed by atoms with Crippen LogP contribution in [0.3, 0.4) is 0 Å². The summed E-state index contributed by atoms with van der Waals surface area (Å²) in [5.74, 6) is 0.194. The molecule has 6 aliphatic rings. The van der Waals surface area contributed by atoms with Crippen LogP contribution in [0.15, 0.2) is 70.3 Å². The molecule has 0 saturated carbocycles. The van der Waals surface area contributed by atoms with Crippen molar-refractivity contribution in [2.45, 2.75) is 136 Å². The second-order valence-electron chi connectivity index (χ2n) is 15.4. The Morgan fingerprint density at radius 1 is 0.846 bits per heavy atom. The number of carbonyl (C=O) groups is 3. The van der Waals surface area contributed by atoms with Crippen molar-refractivity contribution in [1.82, 2.24) is 0 Å². The second-order valence-corrected chi connectivity index (χ2v) is 15.4. The maximum Gasteiger partial charge on any atom is 1.00 e. The molecule has 0 aromatic heterocycles. The van der Waals surface area contributed by atoms with Gasteiger partial charge in [0.25, 0.3) is 0 Å². The second kappa shape index (κ2) is 19.3. The van der Waals surface area contributed by atoms with E-state index in [2.05, 4.69) is 26.0 Å². The van der Waals surface area contributed by atoms with Crippen molar-refractivity contribution in [3.8, 4) is 0 Å². The molecule has 4 heterocycles. The minimum Gasteiger partial charge on any atom is -1.00 e. The smallest absolute Gasteiger partial charge is 1.00 e. The zero-order chi connectivity index (χ0) is 36.1. The molecule has 10 heteroatoms. The number of aliphatic hydroxyl groups is 1. The molecular formula is C42H59BNaO8. The molecule has 7 atom stereocenters. The van der Waals surface area contributed by atoms with E-state index in [0.29, 0.717) is 45.3 Å². The molecule has 4 aliphatic heterocycles.